The van der Waals surface area contributed by atoms with Crippen LogP contribution in [0.4, 0.5) is 13.2 Å². The highest BCUT2D eigenvalue weighted by Crippen LogP contribution is 2.38. The van der Waals surface area contributed by atoms with E-state index in [4.69, 9.17) is 0 Å². The van der Waals surface area contributed by atoms with Crippen molar-refractivity contribution >= 4 is 21.4 Å². The summed E-state index contributed by atoms with van der Waals surface area (Å²) in [5.74, 6) is 0. The zero-order valence-corrected chi connectivity index (χ0v) is 10.1. The van der Waals surface area contributed by atoms with Gasteiger partial charge in [0.15, 0.2) is 0 Å². The molecule has 1 nitrogen and oxygen atoms in total. The van der Waals surface area contributed by atoms with Crippen LogP contribution in [-0.2, 0) is 12.6 Å². The Morgan fingerprint density at radius 1 is 1.24 bits per heavy atom. The molecule has 92 valence electrons. The molecule has 5 heteroatoms. The minimum absolute atomic E-state index is 0.529. The first-order valence-electron chi connectivity index (χ1n) is 5.25. The third kappa shape index (κ3) is 2.79. The molecule has 0 radical (unpaired) electrons. The van der Waals surface area contributed by atoms with E-state index in [2.05, 4.69) is 5.32 Å². The van der Waals surface area contributed by atoms with Crippen LogP contribution < -0.4 is 5.32 Å². The lowest BCUT2D eigenvalue weighted by molar-refractivity contribution is -0.134. The van der Waals surface area contributed by atoms with Crippen molar-refractivity contribution in [2.45, 2.75) is 12.6 Å². The third-order valence-corrected chi connectivity index (χ3v) is 3.68. The second-order valence-electron chi connectivity index (χ2n) is 3.83. The highest BCUT2D eigenvalue weighted by molar-refractivity contribution is 7.19. The van der Waals surface area contributed by atoms with E-state index in [9.17, 15) is 13.2 Å². The molecule has 0 saturated carbocycles. The molecule has 0 bridgehead atoms. The van der Waals surface area contributed by atoms with Gasteiger partial charge in [-0.2, -0.15) is 13.2 Å². The number of nitrogens with one attached hydrogen (secondary N) is 1. The number of benzene rings is 1. The molecule has 0 fully saturated rings. The summed E-state index contributed by atoms with van der Waals surface area (Å²) in [7, 11) is 1.85. The Hall–Kier alpha value is -1.07. The number of fused-ring (bicyclic) bond motifs is 1. The summed E-state index contributed by atoms with van der Waals surface area (Å²) in [4.78, 5) is -0.529. The SMILES string of the molecule is CNCCc1ccc2sc(C(F)(F)F)cc2c1. The van der Waals surface area contributed by atoms with Crippen molar-refractivity contribution in [1.29, 1.82) is 0 Å². The molecule has 1 aromatic carbocycles. The molecule has 0 unspecified atom stereocenters. The van der Waals surface area contributed by atoms with Crippen molar-refractivity contribution in [1.82, 2.24) is 5.32 Å². The summed E-state index contributed by atoms with van der Waals surface area (Å²) in [5.41, 5.74) is 1.05. The van der Waals surface area contributed by atoms with E-state index in [0.717, 1.165) is 29.9 Å². The molecule has 0 amide bonds. The molecule has 1 heterocycles. The highest BCUT2D eigenvalue weighted by Gasteiger charge is 2.32. The largest absolute Gasteiger partial charge is 0.425 e. The normalized spacial score (nSPS) is 12.2. The summed E-state index contributed by atoms with van der Waals surface area (Å²) in [6, 6.07) is 6.71. The summed E-state index contributed by atoms with van der Waals surface area (Å²) in [6.45, 7) is 0.821. The van der Waals surface area contributed by atoms with Crippen molar-refractivity contribution < 1.29 is 13.2 Å². The van der Waals surface area contributed by atoms with Gasteiger partial charge in [-0.1, -0.05) is 12.1 Å². The third-order valence-electron chi connectivity index (χ3n) is 2.52. The van der Waals surface area contributed by atoms with E-state index in [1.165, 1.54) is 6.07 Å². The van der Waals surface area contributed by atoms with Gasteiger partial charge in [0.1, 0.15) is 4.88 Å². The number of hydrogen-bond donors (Lipinski definition) is 1. The van der Waals surface area contributed by atoms with Crippen LogP contribution in [0.25, 0.3) is 10.1 Å². The summed E-state index contributed by atoms with van der Waals surface area (Å²) in [5, 5.41) is 3.69. The molecule has 17 heavy (non-hydrogen) atoms. The molecule has 0 aliphatic heterocycles. The van der Waals surface area contributed by atoms with Crippen LogP contribution in [0.15, 0.2) is 24.3 Å². The second kappa shape index (κ2) is 4.66. The van der Waals surface area contributed by atoms with Crippen LogP contribution in [-0.4, -0.2) is 13.6 Å². The van der Waals surface area contributed by atoms with Crippen molar-refractivity contribution in [2.75, 3.05) is 13.6 Å². The summed E-state index contributed by atoms with van der Waals surface area (Å²) >= 11 is 0.796. The number of thiophene rings is 1. The minimum atomic E-state index is -4.24. The number of halogens is 3. The van der Waals surface area contributed by atoms with Crippen LogP contribution in [0, 0.1) is 0 Å². The van der Waals surface area contributed by atoms with Crippen LogP contribution >= 0.6 is 11.3 Å². The Kier molecular flexibility index (Phi) is 3.40. The molecule has 2 aromatic rings. The zero-order chi connectivity index (χ0) is 12.5. The predicted molar refractivity (Wildman–Crippen MR) is 64.5 cm³/mol. The molecular formula is C12H12F3NS. The van der Waals surface area contributed by atoms with Crippen molar-refractivity contribution in [3.63, 3.8) is 0 Å². The Bertz CT molecular complexity index is 516. The van der Waals surface area contributed by atoms with Crippen LogP contribution in [0.2, 0.25) is 0 Å². The smallest absolute Gasteiger partial charge is 0.319 e. The second-order valence-corrected chi connectivity index (χ2v) is 4.92. The maximum atomic E-state index is 12.5. The Morgan fingerprint density at radius 3 is 2.65 bits per heavy atom. The van der Waals surface area contributed by atoms with Crippen LogP contribution in [0.5, 0.6) is 0 Å². The molecule has 1 aromatic heterocycles. The lowest BCUT2D eigenvalue weighted by atomic mass is 10.1. The van der Waals surface area contributed by atoms with Gasteiger partial charge in [-0.15, -0.1) is 11.3 Å². The van der Waals surface area contributed by atoms with Crippen LogP contribution in [0.3, 0.4) is 0 Å². The van der Waals surface area contributed by atoms with E-state index >= 15 is 0 Å². The molecule has 0 atom stereocenters. The van der Waals surface area contributed by atoms with Gasteiger partial charge in [-0.3, -0.25) is 0 Å². The Labute approximate surface area is 101 Å². The molecular weight excluding hydrogens is 247 g/mol. The van der Waals surface area contributed by atoms with Gasteiger partial charge in [0.25, 0.3) is 0 Å². The van der Waals surface area contributed by atoms with Gasteiger partial charge in [-0.05, 0) is 43.1 Å². The maximum absolute atomic E-state index is 12.5. The number of likely N-dealkylation sites (N-methyl/N-ethyl adjacent to an activating group) is 1. The fourth-order valence-electron chi connectivity index (χ4n) is 1.66. The fourth-order valence-corrected chi connectivity index (χ4v) is 2.57. The molecule has 0 aliphatic rings. The molecule has 0 aliphatic carbocycles. The number of hydrogen-bond acceptors (Lipinski definition) is 2. The van der Waals surface area contributed by atoms with E-state index in [0.29, 0.717) is 10.1 Å². The van der Waals surface area contributed by atoms with Crippen molar-refractivity contribution in [3.05, 3.63) is 34.7 Å². The number of alkyl halides is 3. The quantitative estimate of drug-likeness (QED) is 0.886. The summed E-state index contributed by atoms with van der Waals surface area (Å²) in [6.07, 6.45) is -3.42. The molecule has 0 spiro atoms. The van der Waals surface area contributed by atoms with Crippen molar-refractivity contribution in [2.24, 2.45) is 0 Å². The minimum Gasteiger partial charge on any atom is -0.319 e. The topological polar surface area (TPSA) is 12.0 Å². The van der Waals surface area contributed by atoms with Crippen LogP contribution in [0.1, 0.15) is 10.4 Å². The first kappa shape index (κ1) is 12.4. The highest BCUT2D eigenvalue weighted by atomic mass is 32.1. The van der Waals surface area contributed by atoms with Gasteiger partial charge in [0.2, 0.25) is 0 Å². The van der Waals surface area contributed by atoms with E-state index < -0.39 is 11.1 Å². The Balaban J connectivity index is 2.34. The van der Waals surface area contributed by atoms with Gasteiger partial charge in [0, 0.05) is 4.70 Å². The Morgan fingerprint density at radius 2 is 2.00 bits per heavy atom. The summed E-state index contributed by atoms with van der Waals surface area (Å²) < 4.78 is 38.3. The standard InChI is InChI=1S/C12H12F3NS/c1-16-5-4-8-2-3-10-9(6-8)7-11(17-10)12(13,14)15/h2-3,6-7,16H,4-5H2,1H3. The van der Waals surface area contributed by atoms with Gasteiger partial charge in [-0.25, -0.2) is 0 Å². The first-order chi connectivity index (χ1) is 8.00. The van der Waals surface area contributed by atoms with Crippen molar-refractivity contribution in [3.8, 4) is 0 Å². The average molecular weight is 259 g/mol. The van der Waals surface area contributed by atoms with Gasteiger partial charge in [0.05, 0.1) is 0 Å². The predicted octanol–water partition coefficient (Wildman–Crippen LogP) is 3.68. The number of rotatable bonds is 3. The zero-order valence-electron chi connectivity index (χ0n) is 9.27. The van der Waals surface area contributed by atoms with Gasteiger partial charge < -0.3 is 5.32 Å². The monoisotopic (exact) mass is 259 g/mol. The van der Waals surface area contributed by atoms with E-state index in [1.807, 2.05) is 19.2 Å². The molecule has 0 saturated heterocycles. The fraction of sp³-hybridized carbons (Fsp3) is 0.333. The lowest BCUT2D eigenvalue weighted by Gasteiger charge is -2.00. The van der Waals surface area contributed by atoms with E-state index in [1.54, 1.807) is 6.07 Å². The average Bonchev–Trinajstić information content (AvgIpc) is 2.68. The first-order valence-corrected chi connectivity index (χ1v) is 6.06. The molecule has 2 rings (SSSR count). The van der Waals surface area contributed by atoms with Gasteiger partial charge >= 0.3 is 6.18 Å². The maximum Gasteiger partial charge on any atom is 0.425 e. The lowest BCUT2D eigenvalue weighted by Crippen LogP contribution is -2.09. The molecule has 1 N–H and O–H groups in total. The van der Waals surface area contributed by atoms with E-state index in [-0.39, 0.29) is 0 Å².